The van der Waals surface area contributed by atoms with Crippen LogP contribution in [0.4, 0.5) is 13.2 Å². The molecule has 1 aliphatic heterocycles. The largest absolute Gasteiger partial charge is 0.401 e. The normalized spacial score (nSPS) is 25.5. The Bertz CT molecular complexity index is 351. The van der Waals surface area contributed by atoms with Crippen LogP contribution >= 0.6 is 0 Å². The smallest absolute Gasteiger partial charge is 0.356 e. The highest BCUT2D eigenvalue weighted by Crippen LogP contribution is 2.22. The summed E-state index contributed by atoms with van der Waals surface area (Å²) in [7, 11) is 1.73. The van der Waals surface area contributed by atoms with Gasteiger partial charge in [-0.05, 0) is 31.7 Å². The molecule has 122 valence electrons. The quantitative estimate of drug-likeness (QED) is 0.616. The highest BCUT2D eigenvalue weighted by atomic mass is 19.4. The number of alkyl halides is 3. The van der Waals surface area contributed by atoms with Crippen LogP contribution in [0.3, 0.4) is 0 Å². The zero-order valence-electron chi connectivity index (χ0n) is 12.5. The Labute approximate surface area is 124 Å². The summed E-state index contributed by atoms with van der Waals surface area (Å²) in [5.41, 5.74) is 0. The second-order valence-corrected chi connectivity index (χ2v) is 6.08. The van der Waals surface area contributed by atoms with Gasteiger partial charge in [-0.2, -0.15) is 13.2 Å². The van der Waals surface area contributed by atoms with E-state index in [1.165, 1.54) is 30.6 Å². The van der Waals surface area contributed by atoms with Gasteiger partial charge >= 0.3 is 6.18 Å². The molecule has 1 saturated carbocycles. The number of nitrogens with one attached hydrogen (secondary N) is 2. The molecule has 0 bridgehead atoms. The van der Waals surface area contributed by atoms with E-state index in [-0.39, 0.29) is 5.92 Å². The Kier molecular flexibility index (Phi) is 5.72. The van der Waals surface area contributed by atoms with E-state index >= 15 is 0 Å². The van der Waals surface area contributed by atoms with E-state index in [0.29, 0.717) is 25.7 Å². The van der Waals surface area contributed by atoms with Crippen LogP contribution in [0.25, 0.3) is 0 Å². The maximum atomic E-state index is 12.3. The minimum absolute atomic E-state index is 0.259. The fourth-order valence-corrected chi connectivity index (χ4v) is 3.18. The van der Waals surface area contributed by atoms with Crippen LogP contribution in [0, 0.1) is 5.92 Å². The molecule has 1 aliphatic carbocycles. The second kappa shape index (κ2) is 7.33. The molecule has 2 aliphatic rings. The molecule has 7 heteroatoms. The molecular formula is C14H25F3N4. The van der Waals surface area contributed by atoms with E-state index in [1.807, 2.05) is 0 Å². The number of guanidine groups is 1. The molecule has 0 aromatic carbocycles. The van der Waals surface area contributed by atoms with E-state index in [4.69, 9.17) is 0 Å². The predicted molar refractivity (Wildman–Crippen MR) is 77.4 cm³/mol. The minimum Gasteiger partial charge on any atom is -0.356 e. The first-order chi connectivity index (χ1) is 9.96. The number of rotatable bonds is 4. The molecule has 0 aromatic rings. The molecule has 2 N–H and O–H groups in total. The lowest BCUT2D eigenvalue weighted by atomic mass is 10.1. The Balaban J connectivity index is 1.68. The highest BCUT2D eigenvalue weighted by Gasteiger charge is 2.34. The average molecular weight is 306 g/mol. The van der Waals surface area contributed by atoms with Crippen molar-refractivity contribution >= 4 is 5.96 Å². The van der Waals surface area contributed by atoms with Crippen molar-refractivity contribution in [3.05, 3.63) is 0 Å². The van der Waals surface area contributed by atoms with E-state index in [2.05, 4.69) is 15.6 Å². The molecule has 0 spiro atoms. The van der Waals surface area contributed by atoms with Crippen molar-refractivity contribution in [3.63, 3.8) is 0 Å². The summed E-state index contributed by atoms with van der Waals surface area (Å²) in [6.07, 6.45) is 1.56. The molecule has 0 aromatic heterocycles. The fourth-order valence-electron chi connectivity index (χ4n) is 3.18. The van der Waals surface area contributed by atoms with Gasteiger partial charge in [-0.1, -0.05) is 12.8 Å². The van der Waals surface area contributed by atoms with Crippen molar-refractivity contribution in [2.24, 2.45) is 10.9 Å². The summed E-state index contributed by atoms with van der Waals surface area (Å²) in [5.74, 6) is 1.03. The number of halogens is 3. The molecule has 0 amide bonds. The van der Waals surface area contributed by atoms with Gasteiger partial charge in [0, 0.05) is 26.2 Å². The van der Waals surface area contributed by atoms with Crippen molar-refractivity contribution in [2.45, 2.75) is 44.3 Å². The maximum absolute atomic E-state index is 12.3. The Morgan fingerprint density at radius 1 is 1.24 bits per heavy atom. The van der Waals surface area contributed by atoms with Crippen molar-refractivity contribution in [3.8, 4) is 0 Å². The topological polar surface area (TPSA) is 39.7 Å². The van der Waals surface area contributed by atoms with Gasteiger partial charge in [0.25, 0.3) is 0 Å². The molecule has 1 unspecified atom stereocenters. The van der Waals surface area contributed by atoms with Gasteiger partial charge in [0.1, 0.15) is 0 Å². The number of hydrogen-bond donors (Lipinski definition) is 2. The molecule has 1 heterocycles. The third kappa shape index (κ3) is 5.73. The van der Waals surface area contributed by atoms with Gasteiger partial charge in [0.15, 0.2) is 5.96 Å². The molecule has 1 saturated heterocycles. The minimum atomic E-state index is -4.09. The number of nitrogens with zero attached hydrogens (tertiary/aromatic N) is 2. The lowest BCUT2D eigenvalue weighted by Gasteiger charge is -2.20. The third-order valence-electron chi connectivity index (χ3n) is 4.25. The summed E-state index contributed by atoms with van der Waals surface area (Å²) < 4.78 is 37.0. The van der Waals surface area contributed by atoms with Crippen LogP contribution in [0.2, 0.25) is 0 Å². The average Bonchev–Trinajstić information content (AvgIpc) is 3.04. The van der Waals surface area contributed by atoms with Crippen LogP contribution in [-0.2, 0) is 0 Å². The molecular weight excluding hydrogens is 281 g/mol. The zero-order valence-corrected chi connectivity index (χ0v) is 12.5. The Hall–Kier alpha value is -0.980. The lowest BCUT2D eigenvalue weighted by Crippen LogP contribution is -2.44. The molecule has 1 atom stereocenters. The van der Waals surface area contributed by atoms with Gasteiger partial charge in [-0.3, -0.25) is 9.89 Å². The van der Waals surface area contributed by atoms with Gasteiger partial charge < -0.3 is 10.6 Å². The predicted octanol–water partition coefficient (Wildman–Crippen LogP) is 1.98. The van der Waals surface area contributed by atoms with Gasteiger partial charge in [-0.15, -0.1) is 0 Å². The summed E-state index contributed by atoms with van der Waals surface area (Å²) in [6, 6.07) is 0.488. The maximum Gasteiger partial charge on any atom is 0.401 e. The molecule has 0 radical (unpaired) electrons. The van der Waals surface area contributed by atoms with Crippen LogP contribution in [0.5, 0.6) is 0 Å². The van der Waals surface area contributed by atoms with E-state index in [1.54, 1.807) is 7.05 Å². The summed E-state index contributed by atoms with van der Waals surface area (Å²) in [6.45, 7) is 0.923. The Morgan fingerprint density at radius 2 is 1.95 bits per heavy atom. The first-order valence-electron chi connectivity index (χ1n) is 7.72. The summed E-state index contributed by atoms with van der Waals surface area (Å²) >= 11 is 0. The number of hydrogen-bond acceptors (Lipinski definition) is 2. The first kappa shape index (κ1) is 16.4. The lowest BCUT2D eigenvalue weighted by molar-refractivity contribution is -0.143. The van der Waals surface area contributed by atoms with Crippen molar-refractivity contribution in [1.82, 2.24) is 15.5 Å². The number of likely N-dealkylation sites (tertiary alicyclic amines) is 1. The monoisotopic (exact) mass is 306 g/mol. The van der Waals surface area contributed by atoms with Crippen LogP contribution < -0.4 is 10.6 Å². The molecule has 21 heavy (non-hydrogen) atoms. The van der Waals surface area contributed by atoms with Crippen LogP contribution in [0.1, 0.15) is 32.1 Å². The highest BCUT2D eigenvalue weighted by molar-refractivity contribution is 5.79. The van der Waals surface area contributed by atoms with Gasteiger partial charge in [0.2, 0.25) is 0 Å². The standard InChI is InChI=1S/C14H25F3N4/c1-18-13(20-12-4-2-3-5-12)19-8-11-6-7-21(9-11)10-14(15,16)17/h11-12H,2-10H2,1H3,(H2,18,19,20). The number of aliphatic imine (C=N–C) groups is 1. The van der Waals surface area contributed by atoms with E-state index < -0.39 is 12.7 Å². The summed E-state index contributed by atoms with van der Waals surface area (Å²) in [5, 5.41) is 6.64. The first-order valence-corrected chi connectivity index (χ1v) is 7.72. The Morgan fingerprint density at radius 3 is 2.57 bits per heavy atom. The SMILES string of the molecule is CN=C(NCC1CCN(CC(F)(F)F)C1)NC1CCCC1. The van der Waals surface area contributed by atoms with Crippen LogP contribution in [0.15, 0.2) is 4.99 Å². The second-order valence-electron chi connectivity index (χ2n) is 6.08. The summed E-state index contributed by atoms with van der Waals surface area (Å²) in [4.78, 5) is 5.68. The molecule has 2 rings (SSSR count). The zero-order chi connectivity index (χ0) is 15.3. The molecule has 4 nitrogen and oxygen atoms in total. The van der Waals surface area contributed by atoms with Gasteiger partial charge in [-0.25, -0.2) is 0 Å². The van der Waals surface area contributed by atoms with Crippen LogP contribution in [-0.4, -0.2) is 56.3 Å². The van der Waals surface area contributed by atoms with Crippen molar-refractivity contribution in [1.29, 1.82) is 0 Å². The third-order valence-corrected chi connectivity index (χ3v) is 4.25. The van der Waals surface area contributed by atoms with E-state index in [0.717, 1.165) is 12.4 Å². The van der Waals surface area contributed by atoms with E-state index in [9.17, 15) is 13.2 Å². The molecule has 2 fully saturated rings. The fraction of sp³-hybridized carbons (Fsp3) is 0.929. The van der Waals surface area contributed by atoms with Gasteiger partial charge in [0.05, 0.1) is 6.54 Å². The van der Waals surface area contributed by atoms with Crippen molar-refractivity contribution in [2.75, 3.05) is 33.2 Å². The van der Waals surface area contributed by atoms with Crippen molar-refractivity contribution < 1.29 is 13.2 Å².